The van der Waals surface area contributed by atoms with E-state index in [2.05, 4.69) is 24.2 Å². The Morgan fingerprint density at radius 3 is 2.34 bits per heavy atom. The third-order valence-corrected chi connectivity index (χ3v) is 5.85. The Bertz CT molecular complexity index is 740. The van der Waals surface area contributed by atoms with Crippen LogP contribution in [-0.4, -0.2) is 70.3 Å². The highest BCUT2D eigenvalue weighted by Gasteiger charge is 2.36. The lowest BCUT2D eigenvalue weighted by Crippen LogP contribution is -2.43. The van der Waals surface area contributed by atoms with Crippen molar-refractivity contribution in [2.45, 2.75) is 38.3 Å². The number of benzene rings is 1. The molecule has 3 rings (SSSR count). The Morgan fingerprint density at radius 2 is 1.83 bits per heavy atom. The zero-order chi connectivity index (χ0) is 21.1. The topological polar surface area (TPSA) is 80.3 Å². The van der Waals surface area contributed by atoms with Crippen molar-refractivity contribution in [1.29, 1.82) is 0 Å². The van der Waals surface area contributed by atoms with E-state index in [0.29, 0.717) is 42.1 Å². The highest BCUT2D eigenvalue weighted by molar-refractivity contribution is 6.00. The van der Waals surface area contributed by atoms with Gasteiger partial charge in [-0.05, 0) is 26.8 Å². The molecule has 1 N–H and O–H groups in total. The van der Waals surface area contributed by atoms with Gasteiger partial charge in [0.25, 0.3) is 0 Å². The van der Waals surface area contributed by atoms with Crippen LogP contribution < -0.4 is 24.4 Å². The summed E-state index contributed by atoms with van der Waals surface area (Å²) < 4.78 is 16.1. The van der Waals surface area contributed by atoms with Crippen molar-refractivity contribution >= 4 is 17.5 Å². The summed E-state index contributed by atoms with van der Waals surface area (Å²) in [5, 5.41) is 3.01. The summed E-state index contributed by atoms with van der Waals surface area (Å²) in [4.78, 5) is 29.2. The lowest BCUT2D eigenvalue weighted by Gasteiger charge is -2.25. The fourth-order valence-electron chi connectivity index (χ4n) is 3.73. The number of hydrogen-bond donors (Lipinski definition) is 1. The van der Waals surface area contributed by atoms with E-state index in [1.165, 1.54) is 34.2 Å². The molecule has 2 amide bonds. The van der Waals surface area contributed by atoms with Crippen molar-refractivity contribution in [1.82, 2.24) is 10.2 Å². The second-order valence-electron chi connectivity index (χ2n) is 7.78. The Kier molecular flexibility index (Phi) is 6.52. The molecule has 0 aromatic heterocycles. The smallest absolute Gasteiger partial charge is 0.227 e. The summed E-state index contributed by atoms with van der Waals surface area (Å²) in [5.74, 6) is 0.861. The summed E-state index contributed by atoms with van der Waals surface area (Å²) in [6.07, 6.45) is 2.65. The van der Waals surface area contributed by atoms with Crippen LogP contribution in [0.15, 0.2) is 12.1 Å². The Hall–Kier alpha value is -2.48. The van der Waals surface area contributed by atoms with Gasteiger partial charge in [-0.1, -0.05) is 0 Å². The molecule has 1 aromatic rings. The first kappa shape index (κ1) is 21.2. The second kappa shape index (κ2) is 8.90. The van der Waals surface area contributed by atoms with Crippen molar-refractivity contribution < 1.29 is 23.8 Å². The monoisotopic (exact) mass is 405 g/mol. The van der Waals surface area contributed by atoms with E-state index in [0.717, 1.165) is 0 Å². The molecule has 8 heteroatoms. The average molecular weight is 405 g/mol. The van der Waals surface area contributed by atoms with Gasteiger partial charge in [-0.3, -0.25) is 14.5 Å². The molecule has 1 aromatic carbocycles. The number of nitrogens with one attached hydrogen (secondary N) is 1. The van der Waals surface area contributed by atoms with E-state index < -0.39 is 0 Å². The lowest BCUT2D eigenvalue weighted by molar-refractivity contribution is -0.126. The zero-order valence-electron chi connectivity index (χ0n) is 17.9. The van der Waals surface area contributed by atoms with Crippen molar-refractivity contribution in [2.75, 3.05) is 46.4 Å². The van der Waals surface area contributed by atoms with Crippen LogP contribution in [0.3, 0.4) is 0 Å². The van der Waals surface area contributed by atoms with Crippen LogP contribution in [0.4, 0.5) is 5.69 Å². The van der Waals surface area contributed by atoms with Crippen molar-refractivity contribution in [3.8, 4) is 17.2 Å². The molecule has 2 fully saturated rings. The molecule has 1 heterocycles. The Morgan fingerprint density at radius 1 is 1.21 bits per heavy atom. The van der Waals surface area contributed by atoms with Gasteiger partial charge in [-0.25, -0.2) is 0 Å². The minimum absolute atomic E-state index is 0.0793. The summed E-state index contributed by atoms with van der Waals surface area (Å²) in [6, 6.07) is 4.37. The number of carbonyl (C=O) groups is 2. The van der Waals surface area contributed by atoms with Gasteiger partial charge in [0, 0.05) is 43.7 Å². The Labute approximate surface area is 172 Å². The van der Waals surface area contributed by atoms with E-state index in [4.69, 9.17) is 14.2 Å². The van der Waals surface area contributed by atoms with Gasteiger partial charge in [0.15, 0.2) is 11.5 Å². The first-order chi connectivity index (χ1) is 13.9. The molecule has 1 aliphatic carbocycles. The SMILES string of the molecule is COc1cc(N2CC(C(=O)NCC(C)N(C)C3CC3)CC2=O)cc(OC)c1OC. The predicted molar refractivity (Wildman–Crippen MR) is 110 cm³/mol. The predicted octanol–water partition coefficient (Wildman–Crippen LogP) is 1.66. The third kappa shape index (κ3) is 4.58. The fourth-order valence-corrected chi connectivity index (χ4v) is 3.73. The van der Waals surface area contributed by atoms with Crippen molar-refractivity contribution in [3.05, 3.63) is 12.1 Å². The van der Waals surface area contributed by atoms with Crippen molar-refractivity contribution in [3.63, 3.8) is 0 Å². The molecule has 2 unspecified atom stereocenters. The molecule has 0 bridgehead atoms. The summed E-state index contributed by atoms with van der Waals surface area (Å²) in [6.45, 7) is 3.03. The molecular formula is C21H31N3O5. The molecule has 0 radical (unpaired) electrons. The Balaban J connectivity index is 1.66. The number of methoxy groups -OCH3 is 3. The maximum Gasteiger partial charge on any atom is 0.227 e. The normalized spacial score (nSPS) is 20.0. The zero-order valence-corrected chi connectivity index (χ0v) is 17.9. The maximum absolute atomic E-state index is 12.6. The number of amides is 2. The van der Waals surface area contributed by atoms with Crippen LogP contribution in [0.2, 0.25) is 0 Å². The molecule has 1 saturated carbocycles. The summed E-state index contributed by atoms with van der Waals surface area (Å²) in [7, 11) is 6.69. The van der Waals surface area contributed by atoms with Gasteiger partial charge in [0.2, 0.25) is 17.6 Å². The molecule has 2 atom stereocenters. The van der Waals surface area contributed by atoms with Gasteiger partial charge < -0.3 is 24.4 Å². The van der Waals surface area contributed by atoms with Gasteiger partial charge in [0.1, 0.15) is 0 Å². The van der Waals surface area contributed by atoms with E-state index in [1.807, 2.05) is 0 Å². The van der Waals surface area contributed by atoms with Gasteiger partial charge >= 0.3 is 0 Å². The van der Waals surface area contributed by atoms with Crippen LogP contribution in [0.1, 0.15) is 26.2 Å². The quantitative estimate of drug-likeness (QED) is 0.673. The van der Waals surface area contributed by atoms with E-state index in [1.54, 1.807) is 17.0 Å². The van der Waals surface area contributed by atoms with Crippen molar-refractivity contribution in [2.24, 2.45) is 5.92 Å². The molecule has 8 nitrogen and oxygen atoms in total. The van der Waals surface area contributed by atoms with E-state index in [-0.39, 0.29) is 30.2 Å². The van der Waals surface area contributed by atoms with E-state index in [9.17, 15) is 9.59 Å². The minimum Gasteiger partial charge on any atom is -0.493 e. The fraction of sp³-hybridized carbons (Fsp3) is 0.619. The number of ether oxygens (including phenoxy) is 3. The number of likely N-dealkylation sites (N-methyl/N-ethyl adjacent to an activating group) is 1. The molecular weight excluding hydrogens is 374 g/mol. The number of anilines is 1. The van der Waals surface area contributed by atoms with Crippen LogP contribution in [0.5, 0.6) is 17.2 Å². The first-order valence-electron chi connectivity index (χ1n) is 9.99. The largest absolute Gasteiger partial charge is 0.493 e. The highest BCUT2D eigenvalue weighted by atomic mass is 16.5. The number of carbonyl (C=O) groups excluding carboxylic acids is 2. The molecule has 29 heavy (non-hydrogen) atoms. The van der Waals surface area contributed by atoms with Gasteiger partial charge in [0.05, 0.1) is 32.9 Å². The molecule has 1 saturated heterocycles. The standard InChI is InChI=1S/C21H31N3O5/c1-13(23(2)15-6-7-15)11-22-21(26)14-8-19(25)24(12-14)16-9-17(27-3)20(29-5)18(10-16)28-4/h9-10,13-15H,6-8,11-12H2,1-5H3,(H,22,26). The lowest BCUT2D eigenvalue weighted by atomic mass is 10.1. The van der Waals surface area contributed by atoms with Crippen LogP contribution in [-0.2, 0) is 9.59 Å². The minimum atomic E-state index is -0.375. The van der Waals surface area contributed by atoms with Crippen LogP contribution >= 0.6 is 0 Å². The number of nitrogens with zero attached hydrogens (tertiary/aromatic N) is 2. The van der Waals surface area contributed by atoms with E-state index >= 15 is 0 Å². The van der Waals surface area contributed by atoms with Gasteiger partial charge in [-0.15, -0.1) is 0 Å². The number of hydrogen-bond acceptors (Lipinski definition) is 6. The van der Waals surface area contributed by atoms with Crippen LogP contribution in [0, 0.1) is 5.92 Å². The number of rotatable bonds is 9. The molecule has 1 aliphatic heterocycles. The first-order valence-corrected chi connectivity index (χ1v) is 9.99. The molecule has 2 aliphatic rings. The third-order valence-electron chi connectivity index (χ3n) is 5.85. The maximum atomic E-state index is 12.6. The van der Waals surface area contributed by atoms with Gasteiger partial charge in [-0.2, -0.15) is 0 Å². The highest BCUT2D eigenvalue weighted by Crippen LogP contribution is 2.42. The van der Waals surface area contributed by atoms with Crippen LogP contribution in [0.25, 0.3) is 0 Å². The summed E-state index contributed by atoms with van der Waals surface area (Å²) >= 11 is 0. The molecule has 160 valence electrons. The average Bonchev–Trinajstić information content (AvgIpc) is 3.51. The summed E-state index contributed by atoms with van der Waals surface area (Å²) in [5.41, 5.74) is 0.627. The molecule has 0 spiro atoms. The second-order valence-corrected chi connectivity index (χ2v) is 7.78.